The van der Waals surface area contributed by atoms with Crippen molar-refractivity contribution in [2.24, 2.45) is 0 Å². The predicted molar refractivity (Wildman–Crippen MR) is 136 cm³/mol. The monoisotopic (exact) mass is 455 g/mol. The number of aryl methyl sites for hydroxylation is 1. The van der Waals surface area contributed by atoms with E-state index in [9.17, 15) is 4.79 Å². The number of carbonyl (C=O) groups is 1. The van der Waals surface area contributed by atoms with E-state index in [4.69, 9.17) is 0 Å². The van der Waals surface area contributed by atoms with E-state index in [1.54, 1.807) is 18.6 Å². The molecule has 34 heavy (non-hydrogen) atoms. The van der Waals surface area contributed by atoms with E-state index in [2.05, 4.69) is 61.0 Å². The Balaban J connectivity index is 1.39. The number of hydrogen-bond donors (Lipinski definition) is 2. The predicted octanol–water partition coefficient (Wildman–Crippen LogP) is 4.36. The lowest BCUT2D eigenvalue weighted by atomic mass is 10.0. The summed E-state index contributed by atoms with van der Waals surface area (Å²) in [6.45, 7) is 9.54. The number of amides is 1. The highest BCUT2D eigenvalue weighted by Crippen LogP contribution is 2.32. The number of carbonyl (C=O) groups excluding carboxylic acids is 1. The zero-order valence-electron chi connectivity index (χ0n) is 19.7. The summed E-state index contributed by atoms with van der Waals surface area (Å²) < 4.78 is 0. The van der Waals surface area contributed by atoms with Crippen LogP contribution in [0.25, 0.3) is 11.0 Å². The molecule has 0 bridgehead atoms. The van der Waals surface area contributed by atoms with E-state index in [1.807, 2.05) is 31.3 Å². The van der Waals surface area contributed by atoms with Gasteiger partial charge in [-0.3, -0.25) is 9.78 Å². The van der Waals surface area contributed by atoms with Gasteiger partial charge in [-0.15, -0.1) is 0 Å². The van der Waals surface area contributed by atoms with Crippen LogP contribution in [0.2, 0.25) is 0 Å². The molecule has 0 spiro atoms. The first-order valence-electron chi connectivity index (χ1n) is 11.7. The summed E-state index contributed by atoms with van der Waals surface area (Å²) in [5, 5.41) is 4.18. The number of fused-ring (bicyclic) bond motifs is 1. The topological polar surface area (TPSA) is 90.0 Å². The standard InChI is InChI=1S/C26H29N7O/c1-17(2)19-6-7-22(31-26(34)20-5-4-9-27-18(20)3)23(15-19)32-11-13-33(14-12-32)25-21-8-10-28-24(21)29-16-30-25/h4-10,15-17H,11-14H2,1-3H3,(H,31,34)(H,28,29,30). The number of aromatic nitrogens is 4. The third kappa shape index (κ3) is 4.19. The Morgan fingerprint density at radius 1 is 1.03 bits per heavy atom. The van der Waals surface area contributed by atoms with Gasteiger partial charge in [-0.2, -0.15) is 0 Å². The van der Waals surface area contributed by atoms with Crippen molar-refractivity contribution in [2.75, 3.05) is 41.3 Å². The van der Waals surface area contributed by atoms with Gasteiger partial charge in [0.05, 0.1) is 22.3 Å². The Bertz CT molecular complexity index is 1320. The van der Waals surface area contributed by atoms with Gasteiger partial charge in [0.1, 0.15) is 17.8 Å². The lowest BCUT2D eigenvalue weighted by Gasteiger charge is -2.38. The van der Waals surface area contributed by atoms with Gasteiger partial charge in [0, 0.05) is 44.3 Å². The number of benzene rings is 1. The van der Waals surface area contributed by atoms with Gasteiger partial charge in [0.25, 0.3) is 5.91 Å². The zero-order chi connectivity index (χ0) is 23.7. The SMILES string of the molecule is Cc1ncccc1C(=O)Nc1ccc(C(C)C)cc1N1CCN(c2ncnc3[nH]ccc23)CC1. The van der Waals surface area contributed by atoms with Crippen LogP contribution in [0, 0.1) is 6.92 Å². The molecule has 8 nitrogen and oxygen atoms in total. The van der Waals surface area contributed by atoms with Gasteiger partial charge >= 0.3 is 0 Å². The minimum atomic E-state index is -0.140. The maximum atomic E-state index is 13.0. The number of nitrogens with one attached hydrogen (secondary N) is 2. The molecular formula is C26H29N7O. The van der Waals surface area contributed by atoms with Gasteiger partial charge in [-0.1, -0.05) is 19.9 Å². The minimum absolute atomic E-state index is 0.140. The van der Waals surface area contributed by atoms with Crippen LogP contribution in [0.1, 0.15) is 41.4 Å². The van der Waals surface area contributed by atoms with Crippen molar-refractivity contribution in [3.05, 3.63) is 71.9 Å². The van der Waals surface area contributed by atoms with Crippen molar-refractivity contribution < 1.29 is 4.79 Å². The molecular weight excluding hydrogens is 426 g/mol. The van der Waals surface area contributed by atoms with E-state index in [0.717, 1.165) is 60.1 Å². The highest BCUT2D eigenvalue weighted by molar-refractivity contribution is 6.06. The number of nitrogens with zero attached hydrogens (tertiary/aromatic N) is 5. The van der Waals surface area contributed by atoms with Crippen LogP contribution in [0.15, 0.2) is 55.1 Å². The molecule has 174 valence electrons. The van der Waals surface area contributed by atoms with Crippen molar-refractivity contribution in [1.82, 2.24) is 19.9 Å². The molecule has 1 aromatic carbocycles. The van der Waals surface area contributed by atoms with Gasteiger partial charge < -0.3 is 20.1 Å². The quantitative estimate of drug-likeness (QED) is 0.465. The van der Waals surface area contributed by atoms with Gasteiger partial charge in [-0.05, 0) is 48.7 Å². The van der Waals surface area contributed by atoms with Crippen LogP contribution in [0.4, 0.5) is 17.2 Å². The Morgan fingerprint density at radius 2 is 1.82 bits per heavy atom. The van der Waals surface area contributed by atoms with E-state index in [1.165, 1.54) is 5.56 Å². The molecule has 5 rings (SSSR count). The van der Waals surface area contributed by atoms with Gasteiger partial charge in [0.2, 0.25) is 0 Å². The Morgan fingerprint density at radius 3 is 2.59 bits per heavy atom. The molecule has 3 aromatic heterocycles. The first-order chi connectivity index (χ1) is 16.5. The second-order valence-corrected chi connectivity index (χ2v) is 8.93. The second-order valence-electron chi connectivity index (χ2n) is 8.93. The summed E-state index contributed by atoms with van der Waals surface area (Å²) in [5.74, 6) is 1.22. The average molecular weight is 456 g/mol. The summed E-state index contributed by atoms with van der Waals surface area (Å²) >= 11 is 0. The molecule has 2 N–H and O–H groups in total. The molecule has 4 aromatic rings. The number of piperazine rings is 1. The lowest BCUT2D eigenvalue weighted by Crippen LogP contribution is -2.47. The normalized spacial score (nSPS) is 14.1. The van der Waals surface area contributed by atoms with Crippen molar-refractivity contribution in [3.63, 3.8) is 0 Å². The molecule has 0 saturated carbocycles. The number of pyridine rings is 1. The van der Waals surface area contributed by atoms with Crippen molar-refractivity contribution >= 4 is 34.1 Å². The Kier molecular flexibility index (Phi) is 5.88. The van der Waals surface area contributed by atoms with E-state index in [-0.39, 0.29) is 5.91 Å². The van der Waals surface area contributed by atoms with Gasteiger partial charge in [-0.25, -0.2) is 9.97 Å². The average Bonchev–Trinajstić information content (AvgIpc) is 3.34. The summed E-state index contributed by atoms with van der Waals surface area (Å²) in [4.78, 5) is 34.0. The summed E-state index contributed by atoms with van der Waals surface area (Å²) in [6.07, 6.45) is 5.21. The smallest absolute Gasteiger partial charge is 0.257 e. The molecule has 0 aliphatic carbocycles. The molecule has 1 aliphatic rings. The molecule has 8 heteroatoms. The molecule has 1 fully saturated rings. The number of hydrogen-bond acceptors (Lipinski definition) is 6. The lowest BCUT2D eigenvalue weighted by molar-refractivity contribution is 0.102. The minimum Gasteiger partial charge on any atom is -0.366 e. The van der Waals surface area contributed by atoms with Crippen LogP contribution in [0.5, 0.6) is 0 Å². The number of aromatic amines is 1. The van der Waals surface area contributed by atoms with Crippen molar-refractivity contribution in [1.29, 1.82) is 0 Å². The van der Waals surface area contributed by atoms with Crippen molar-refractivity contribution in [2.45, 2.75) is 26.7 Å². The maximum Gasteiger partial charge on any atom is 0.257 e. The van der Waals surface area contributed by atoms with E-state index < -0.39 is 0 Å². The van der Waals surface area contributed by atoms with Crippen LogP contribution in [0.3, 0.4) is 0 Å². The van der Waals surface area contributed by atoms with Crippen LogP contribution >= 0.6 is 0 Å². The first-order valence-corrected chi connectivity index (χ1v) is 11.7. The maximum absolute atomic E-state index is 13.0. The number of rotatable bonds is 5. The first kappa shape index (κ1) is 21.9. The molecule has 1 amide bonds. The Hall–Kier alpha value is -3.94. The summed E-state index contributed by atoms with van der Waals surface area (Å²) in [6, 6.07) is 12.0. The fourth-order valence-corrected chi connectivity index (χ4v) is 4.46. The van der Waals surface area contributed by atoms with Crippen molar-refractivity contribution in [3.8, 4) is 0 Å². The number of H-pyrrole nitrogens is 1. The highest BCUT2D eigenvalue weighted by atomic mass is 16.1. The number of anilines is 3. The van der Waals surface area contributed by atoms with Crippen LogP contribution in [-0.2, 0) is 0 Å². The van der Waals surface area contributed by atoms with Crippen LogP contribution < -0.4 is 15.1 Å². The van der Waals surface area contributed by atoms with Gasteiger partial charge in [0.15, 0.2) is 0 Å². The molecule has 4 heterocycles. The molecule has 1 aliphatic heterocycles. The fraction of sp³-hybridized carbons (Fsp3) is 0.308. The third-order valence-electron chi connectivity index (χ3n) is 6.44. The molecule has 0 unspecified atom stereocenters. The molecule has 1 saturated heterocycles. The largest absolute Gasteiger partial charge is 0.366 e. The zero-order valence-corrected chi connectivity index (χ0v) is 19.7. The Labute approximate surface area is 199 Å². The third-order valence-corrected chi connectivity index (χ3v) is 6.44. The van der Waals surface area contributed by atoms with Crippen LogP contribution in [-0.4, -0.2) is 52.0 Å². The van der Waals surface area contributed by atoms with E-state index >= 15 is 0 Å². The molecule has 0 radical (unpaired) electrons. The summed E-state index contributed by atoms with van der Waals surface area (Å²) in [5.41, 5.74) is 5.28. The fourth-order valence-electron chi connectivity index (χ4n) is 4.46. The van der Waals surface area contributed by atoms with E-state index in [0.29, 0.717) is 11.5 Å². The highest BCUT2D eigenvalue weighted by Gasteiger charge is 2.23. The molecule has 0 atom stereocenters. The summed E-state index contributed by atoms with van der Waals surface area (Å²) in [7, 11) is 0. The second kappa shape index (κ2) is 9.13.